The van der Waals surface area contributed by atoms with Gasteiger partial charge in [-0.3, -0.25) is 9.69 Å². The van der Waals surface area contributed by atoms with Crippen LogP contribution < -0.4 is 5.32 Å². The van der Waals surface area contributed by atoms with E-state index in [4.69, 9.17) is 0 Å². The fourth-order valence-corrected chi connectivity index (χ4v) is 5.33. The molecule has 1 fully saturated rings. The van der Waals surface area contributed by atoms with Crippen LogP contribution in [0.1, 0.15) is 36.5 Å². The molecule has 31 heavy (non-hydrogen) atoms. The van der Waals surface area contributed by atoms with Crippen LogP contribution in [0.15, 0.2) is 53.4 Å². The standard InChI is InChI=1S/C24H33N3O3S/c1-18-10-11-23(16-19(18)2)31(29,30)27-14-12-26(13-15-27)21(4)24(28)25-17-20(3)22-8-6-5-7-9-22/h5-11,16,20-21H,12-15,17H2,1-4H3,(H,25,28). The van der Waals surface area contributed by atoms with Crippen LogP contribution >= 0.6 is 0 Å². The summed E-state index contributed by atoms with van der Waals surface area (Å²) in [6.07, 6.45) is 0. The highest BCUT2D eigenvalue weighted by Crippen LogP contribution is 2.21. The normalized spacial score (nSPS) is 17.8. The van der Waals surface area contributed by atoms with E-state index in [-0.39, 0.29) is 17.9 Å². The van der Waals surface area contributed by atoms with Gasteiger partial charge in [-0.05, 0) is 55.5 Å². The molecule has 0 spiro atoms. The Hall–Kier alpha value is -2.22. The number of rotatable bonds is 7. The Bertz CT molecular complexity index is 1000. The van der Waals surface area contributed by atoms with Gasteiger partial charge in [-0.1, -0.05) is 43.3 Å². The smallest absolute Gasteiger partial charge is 0.243 e. The Morgan fingerprint density at radius 3 is 2.23 bits per heavy atom. The zero-order valence-electron chi connectivity index (χ0n) is 18.8. The van der Waals surface area contributed by atoms with Gasteiger partial charge in [0.05, 0.1) is 10.9 Å². The fourth-order valence-electron chi connectivity index (χ4n) is 3.82. The lowest BCUT2D eigenvalue weighted by Crippen LogP contribution is -2.55. The van der Waals surface area contributed by atoms with Crippen LogP contribution in [-0.2, 0) is 14.8 Å². The van der Waals surface area contributed by atoms with Crippen LogP contribution in [0.2, 0.25) is 0 Å². The number of aryl methyl sites for hydroxylation is 2. The summed E-state index contributed by atoms with van der Waals surface area (Å²) in [5, 5.41) is 3.04. The Morgan fingerprint density at radius 2 is 1.61 bits per heavy atom. The molecule has 1 saturated heterocycles. The van der Waals surface area contributed by atoms with Gasteiger partial charge in [-0.25, -0.2) is 8.42 Å². The molecule has 0 radical (unpaired) electrons. The van der Waals surface area contributed by atoms with Crippen LogP contribution in [0.3, 0.4) is 0 Å². The van der Waals surface area contributed by atoms with Gasteiger partial charge in [0.25, 0.3) is 0 Å². The lowest BCUT2D eigenvalue weighted by molar-refractivity contribution is -0.126. The minimum atomic E-state index is -3.52. The Morgan fingerprint density at radius 1 is 0.968 bits per heavy atom. The molecule has 168 valence electrons. The van der Waals surface area contributed by atoms with Gasteiger partial charge in [0.1, 0.15) is 0 Å². The molecule has 2 aromatic rings. The Kier molecular flexibility index (Phi) is 7.51. The highest BCUT2D eigenvalue weighted by atomic mass is 32.2. The third kappa shape index (κ3) is 5.53. The molecule has 3 rings (SSSR count). The van der Waals surface area contributed by atoms with Crippen LogP contribution in [0.5, 0.6) is 0 Å². The molecule has 1 aliphatic rings. The molecule has 1 aliphatic heterocycles. The second-order valence-corrected chi connectivity index (χ2v) is 10.4. The lowest BCUT2D eigenvalue weighted by atomic mass is 10.0. The molecule has 2 atom stereocenters. The molecule has 0 aromatic heterocycles. The summed E-state index contributed by atoms with van der Waals surface area (Å²) >= 11 is 0. The maximum Gasteiger partial charge on any atom is 0.243 e. The van der Waals surface area contributed by atoms with E-state index < -0.39 is 10.0 Å². The number of carbonyl (C=O) groups is 1. The summed E-state index contributed by atoms with van der Waals surface area (Å²) in [6.45, 7) is 10.3. The largest absolute Gasteiger partial charge is 0.354 e. The van der Waals surface area contributed by atoms with Gasteiger partial charge in [0.2, 0.25) is 15.9 Å². The van der Waals surface area contributed by atoms with E-state index in [1.165, 1.54) is 9.87 Å². The number of sulfonamides is 1. The first-order valence-electron chi connectivity index (χ1n) is 10.8. The molecule has 0 aliphatic carbocycles. The highest BCUT2D eigenvalue weighted by molar-refractivity contribution is 7.89. The molecule has 1 amide bonds. The summed E-state index contributed by atoms with van der Waals surface area (Å²) in [5.74, 6) is 0.213. The minimum absolute atomic E-state index is 0.0201. The van der Waals surface area contributed by atoms with Gasteiger partial charge in [0, 0.05) is 32.7 Å². The van der Waals surface area contributed by atoms with Crippen molar-refractivity contribution in [2.45, 2.75) is 44.6 Å². The van der Waals surface area contributed by atoms with Crippen molar-refractivity contribution in [2.24, 2.45) is 0 Å². The van der Waals surface area contributed by atoms with E-state index in [1.54, 1.807) is 12.1 Å². The monoisotopic (exact) mass is 443 g/mol. The van der Waals surface area contributed by atoms with Crippen LogP contribution in [0.25, 0.3) is 0 Å². The first kappa shape index (κ1) is 23.4. The Labute approximate surface area is 186 Å². The predicted octanol–water partition coefficient (Wildman–Crippen LogP) is 2.92. The number of nitrogens with zero attached hydrogens (tertiary/aromatic N) is 2. The summed E-state index contributed by atoms with van der Waals surface area (Å²) in [5.41, 5.74) is 3.24. The summed E-state index contributed by atoms with van der Waals surface area (Å²) in [7, 11) is -3.52. The molecule has 0 bridgehead atoms. The molecule has 1 heterocycles. The van der Waals surface area contributed by atoms with E-state index in [0.29, 0.717) is 37.6 Å². The quantitative estimate of drug-likeness (QED) is 0.714. The zero-order valence-corrected chi connectivity index (χ0v) is 19.7. The van der Waals surface area contributed by atoms with Gasteiger partial charge in [-0.15, -0.1) is 0 Å². The fraction of sp³-hybridized carbons (Fsp3) is 0.458. The van der Waals surface area contributed by atoms with Crippen molar-refractivity contribution in [3.05, 3.63) is 65.2 Å². The lowest BCUT2D eigenvalue weighted by Gasteiger charge is -2.36. The number of benzene rings is 2. The van der Waals surface area contributed by atoms with Gasteiger partial charge in [0.15, 0.2) is 0 Å². The van der Waals surface area contributed by atoms with Gasteiger partial charge in [-0.2, -0.15) is 4.31 Å². The average molecular weight is 444 g/mol. The average Bonchev–Trinajstić information content (AvgIpc) is 2.79. The van der Waals surface area contributed by atoms with Crippen molar-refractivity contribution in [1.82, 2.24) is 14.5 Å². The maximum atomic E-state index is 13.0. The van der Waals surface area contributed by atoms with Crippen molar-refractivity contribution in [2.75, 3.05) is 32.7 Å². The first-order chi connectivity index (χ1) is 14.7. The number of piperazine rings is 1. The third-order valence-corrected chi connectivity index (χ3v) is 8.16. The van der Waals surface area contributed by atoms with E-state index in [9.17, 15) is 13.2 Å². The summed E-state index contributed by atoms with van der Waals surface area (Å²) in [6, 6.07) is 15.1. The number of amides is 1. The van der Waals surface area contributed by atoms with Crippen molar-refractivity contribution in [1.29, 1.82) is 0 Å². The SMILES string of the molecule is Cc1ccc(S(=O)(=O)N2CCN(C(C)C(=O)NCC(C)c3ccccc3)CC2)cc1C. The van der Waals surface area contributed by atoms with E-state index in [0.717, 1.165) is 11.1 Å². The van der Waals surface area contributed by atoms with Gasteiger partial charge >= 0.3 is 0 Å². The topological polar surface area (TPSA) is 69.7 Å². The molecular weight excluding hydrogens is 410 g/mol. The minimum Gasteiger partial charge on any atom is -0.354 e. The van der Waals surface area contributed by atoms with Crippen LogP contribution in [0, 0.1) is 13.8 Å². The number of nitrogens with one attached hydrogen (secondary N) is 1. The zero-order chi connectivity index (χ0) is 22.6. The molecule has 0 saturated carbocycles. The number of hydrogen-bond donors (Lipinski definition) is 1. The number of hydrogen-bond acceptors (Lipinski definition) is 4. The van der Waals surface area contributed by atoms with Gasteiger partial charge < -0.3 is 5.32 Å². The van der Waals surface area contributed by atoms with E-state index in [2.05, 4.69) is 29.3 Å². The van der Waals surface area contributed by atoms with Crippen LogP contribution in [0.4, 0.5) is 0 Å². The summed E-state index contributed by atoms with van der Waals surface area (Å²) in [4.78, 5) is 15.1. The van der Waals surface area contributed by atoms with Crippen molar-refractivity contribution in [3.63, 3.8) is 0 Å². The highest BCUT2D eigenvalue weighted by Gasteiger charge is 2.32. The van der Waals surface area contributed by atoms with Crippen molar-refractivity contribution >= 4 is 15.9 Å². The van der Waals surface area contributed by atoms with E-state index in [1.807, 2.05) is 45.0 Å². The van der Waals surface area contributed by atoms with Crippen molar-refractivity contribution < 1.29 is 13.2 Å². The van der Waals surface area contributed by atoms with E-state index >= 15 is 0 Å². The second kappa shape index (κ2) is 9.94. The molecule has 2 unspecified atom stereocenters. The molecule has 6 nitrogen and oxygen atoms in total. The first-order valence-corrected chi connectivity index (χ1v) is 12.3. The predicted molar refractivity (Wildman–Crippen MR) is 124 cm³/mol. The second-order valence-electron chi connectivity index (χ2n) is 8.42. The third-order valence-electron chi connectivity index (χ3n) is 6.27. The summed E-state index contributed by atoms with van der Waals surface area (Å²) < 4.78 is 27.5. The maximum absolute atomic E-state index is 13.0. The Balaban J connectivity index is 1.53. The molecule has 1 N–H and O–H groups in total. The molecule has 7 heteroatoms. The number of carbonyl (C=O) groups excluding carboxylic acids is 1. The van der Waals surface area contributed by atoms with Crippen molar-refractivity contribution in [3.8, 4) is 0 Å². The molecular formula is C24H33N3O3S. The molecule has 2 aromatic carbocycles. The van der Waals surface area contributed by atoms with Crippen LogP contribution in [-0.4, -0.2) is 62.3 Å².